The first-order valence-corrected chi connectivity index (χ1v) is 8.27. The molecule has 0 saturated heterocycles. The number of ether oxygens (including phenoxy) is 1. The van der Waals surface area contributed by atoms with Crippen LogP contribution in [0.25, 0.3) is 33.1 Å². The molecule has 3 nitrogen and oxygen atoms in total. The molecule has 0 saturated carbocycles. The summed E-state index contributed by atoms with van der Waals surface area (Å²) in [6.07, 6.45) is 0. The number of rotatable bonds is 2. The molecule has 0 radical (unpaired) electrons. The molecule has 4 heteroatoms. The molecule has 0 unspecified atom stereocenters. The van der Waals surface area contributed by atoms with Crippen LogP contribution in [-0.2, 0) is 4.74 Å². The first-order chi connectivity index (χ1) is 11.7. The summed E-state index contributed by atoms with van der Waals surface area (Å²) in [4.78, 5) is 12.2. The molecule has 1 aromatic heterocycles. The summed E-state index contributed by atoms with van der Waals surface area (Å²) in [6, 6.07) is 19.4. The van der Waals surface area contributed by atoms with Gasteiger partial charge in [-0.3, -0.25) is 0 Å². The highest BCUT2D eigenvalue weighted by molar-refractivity contribution is 9.10. The zero-order chi connectivity index (χ0) is 16.7. The molecule has 0 aliphatic heterocycles. The Balaban J connectivity index is 2.09. The van der Waals surface area contributed by atoms with Crippen molar-refractivity contribution in [2.75, 3.05) is 7.11 Å². The van der Waals surface area contributed by atoms with Crippen LogP contribution in [0.4, 0.5) is 0 Å². The van der Waals surface area contributed by atoms with Crippen LogP contribution in [0, 0.1) is 0 Å². The monoisotopic (exact) mass is 380 g/mol. The topological polar surface area (TPSA) is 39.4 Å². The zero-order valence-electron chi connectivity index (χ0n) is 12.9. The van der Waals surface area contributed by atoms with Gasteiger partial charge in [-0.05, 0) is 35.4 Å². The summed E-state index contributed by atoms with van der Waals surface area (Å²) < 4.78 is 11.7. The van der Waals surface area contributed by atoms with Crippen molar-refractivity contribution in [1.82, 2.24) is 0 Å². The van der Waals surface area contributed by atoms with E-state index in [0.717, 1.165) is 37.5 Å². The van der Waals surface area contributed by atoms with Gasteiger partial charge in [-0.25, -0.2) is 4.79 Å². The van der Waals surface area contributed by atoms with Crippen molar-refractivity contribution in [3.63, 3.8) is 0 Å². The van der Waals surface area contributed by atoms with Gasteiger partial charge in [0.1, 0.15) is 11.2 Å². The second-order valence-corrected chi connectivity index (χ2v) is 6.37. The van der Waals surface area contributed by atoms with Crippen LogP contribution < -0.4 is 0 Å². The lowest BCUT2D eigenvalue weighted by molar-refractivity contribution is 0.0601. The Labute approximate surface area is 147 Å². The number of esters is 1. The van der Waals surface area contributed by atoms with E-state index in [-0.39, 0.29) is 5.97 Å². The number of methoxy groups -OCH3 is 1. The molecule has 24 heavy (non-hydrogen) atoms. The molecule has 0 aliphatic carbocycles. The Kier molecular flexibility index (Phi) is 3.62. The average molecular weight is 381 g/mol. The van der Waals surface area contributed by atoms with Gasteiger partial charge in [-0.15, -0.1) is 0 Å². The molecular weight excluding hydrogens is 368 g/mol. The van der Waals surface area contributed by atoms with E-state index in [9.17, 15) is 4.79 Å². The van der Waals surface area contributed by atoms with Crippen LogP contribution in [0.3, 0.4) is 0 Å². The van der Waals surface area contributed by atoms with E-state index in [1.54, 1.807) is 6.07 Å². The van der Waals surface area contributed by atoms with Gasteiger partial charge in [0.2, 0.25) is 0 Å². The van der Waals surface area contributed by atoms with Crippen LogP contribution in [0.15, 0.2) is 69.6 Å². The minimum absolute atomic E-state index is 0.365. The van der Waals surface area contributed by atoms with Crippen molar-refractivity contribution < 1.29 is 13.9 Å². The van der Waals surface area contributed by atoms with Crippen molar-refractivity contribution in [2.45, 2.75) is 0 Å². The minimum atomic E-state index is -0.365. The number of fused-ring (bicyclic) bond motifs is 3. The number of hydrogen-bond acceptors (Lipinski definition) is 3. The van der Waals surface area contributed by atoms with Gasteiger partial charge in [0.05, 0.1) is 12.7 Å². The predicted octanol–water partition coefficient (Wildman–Crippen LogP) is 5.80. The Morgan fingerprint density at radius 1 is 0.958 bits per heavy atom. The highest BCUT2D eigenvalue weighted by atomic mass is 79.9. The second kappa shape index (κ2) is 5.80. The minimum Gasteiger partial charge on any atom is -0.465 e. The quantitative estimate of drug-likeness (QED) is 0.412. The molecule has 0 aliphatic rings. The molecule has 1 heterocycles. The molecule has 0 bridgehead atoms. The average Bonchev–Trinajstić information content (AvgIpc) is 2.99. The van der Waals surface area contributed by atoms with Crippen LogP contribution in [0.1, 0.15) is 10.4 Å². The number of hydrogen-bond donors (Lipinski definition) is 0. The van der Waals surface area contributed by atoms with Gasteiger partial charge < -0.3 is 9.15 Å². The third-order valence-electron chi connectivity index (χ3n) is 4.08. The van der Waals surface area contributed by atoms with Crippen LogP contribution in [0.5, 0.6) is 0 Å². The molecule has 0 spiro atoms. The normalized spacial score (nSPS) is 11.1. The summed E-state index contributed by atoms with van der Waals surface area (Å²) in [5.41, 5.74) is 3.92. The number of benzene rings is 3. The van der Waals surface area contributed by atoms with Crippen LogP contribution in [0.2, 0.25) is 0 Å². The molecule has 0 N–H and O–H groups in total. The smallest absolute Gasteiger partial charge is 0.338 e. The number of halogens is 1. The number of carbonyl (C=O) groups excluding carboxylic acids is 1. The van der Waals surface area contributed by atoms with Gasteiger partial charge in [0, 0.05) is 15.2 Å². The first kappa shape index (κ1) is 15.0. The van der Waals surface area contributed by atoms with E-state index in [1.165, 1.54) is 7.11 Å². The SMILES string of the molecule is COC(=O)c1cc(Br)ccc1-c1cccc2oc3ccccc3c12. The van der Waals surface area contributed by atoms with E-state index < -0.39 is 0 Å². The van der Waals surface area contributed by atoms with Gasteiger partial charge in [-0.1, -0.05) is 52.3 Å². The first-order valence-electron chi connectivity index (χ1n) is 7.47. The second-order valence-electron chi connectivity index (χ2n) is 5.46. The van der Waals surface area contributed by atoms with Crippen LogP contribution in [-0.4, -0.2) is 13.1 Å². The molecule has 4 aromatic rings. The third kappa shape index (κ3) is 2.31. The maximum atomic E-state index is 12.2. The fourth-order valence-electron chi connectivity index (χ4n) is 3.03. The fraction of sp³-hybridized carbons (Fsp3) is 0.0500. The number of para-hydroxylation sites is 1. The maximum Gasteiger partial charge on any atom is 0.338 e. The highest BCUT2D eigenvalue weighted by Crippen LogP contribution is 2.38. The third-order valence-corrected chi connectivity index (χ3v) is 4.57. The Bertz CT molecular complexity index is 1080. The number of furan rings is 1. The molecule has 3 aromatic carbocycles. The lowest BCUT2D eigenvalue weighted by Gasteiger charge is -2.10. The fourth-order valence-corrected chi connectivity index (χ4v) is 3.39. The summed E-state index contributed by atoms with van der Waals surface area (Å²) in [6.45, 7) is 0. The summed E-state index contributed by atoms with van der Waals surface area (Å²) in [7, 11) is 1.39. The van der Waals surface area contributed by atoms with Crippen molar-refractivity contribution in [2.24, 2.45) is 0 Å². The van der Waals surface area contributed by atoms with Crippen molar-refractivity contribution >= 4 is 43.8 Å². The maximum absolute atomic E-state index is 12.2. The van der Waals surface area contributed by atoms with E-state index in [1.807, 2.05) is 54.6 Å². The Morgan fingerprint density at radius 3 is 2.58 bits per heavy atom. The molecule has 0 atom stereocenters. The Morgan fingerprint density at radius 2 is 1.75 bits per heavy atom. The largest absolute Gasteiger partial charge is 0.465 e. The zero-order valence-corrected chi connectivity index (χ0v) is 14.5. The van der Waals surface area contributed by atoms with Gasteiger partial charge >= 0.3 is 5.97 Å². The van der Waals surface area contributed by atoms with Crippen molar-refractivity contribution in [3.05, 3.63) is 70.7 Å². The lowest BCUT2D eigenvalue weighted by Crippen LogP contribution is -2.03. The van der Waals surface area contributed by atoms with E-state index in [0.29, 0.717) is 5.56 Å². The molecule has 0 fully saturated rings. The predicted molar refractivity (Wildman–Crippen MR) is 98.2 cm³/mol. The molecular formula is C20H13BrO3. The van der Waals surface area contributed by atoms with Crippen LogP contribution >= 0.6 is 15.9 Å². The highest BCUT2D eigenvalue weighted by Gasteiger charge is 2.18. The molecule has 4 rings (SSSR count). The standard InChI is InChI=1S/C20H13BrO3/c1-23-20(22)16-11-12(21)9-10-13(16)14-6-4-8-18-19(14)15-5-2-3-7-17(15)24-18/h2-11H,1H3. The van der Waals surface area contributed by atoms with Gasteiger partial charge in [-0.2, -0.15) is 0 Å². The van der Waals surface area contributed by atoms with Crippen molar-refractivity contribution in [3.8, 4) is 11.1 Å². The van der Waals surface area contributed by atoms with E-state index in [2.05, 4.69) is 15.9 Å². The molecule has 0 amide bonds. The summed E-state index contributed by atoms with van der Waals surface area (Å²) >= 11 is 3.42. The van der Waals surface area contributed by atoms with E-state index in [4.69, 9.17) is 9.15 Å². The van der Waals surface area contributed by atoms with Crippen molar-refractivity contribution in [1.29, 1.82) is 0 Å². The van der Waals surface area contributed by atoms with E-state index >= 15 is 0 Å². The van der Waals surface area contributed by atoms with Gasteiger partial charge in [0.15, 0.2) is 0 Å². The van der Waals surface area contributed by atoms with Gasteiger partial charge in [0.25, 0.3) is 0 Å². The molecule has 118 valence electrons. The number of carbonyl (C=O) groups is 1. The lowest BCUT2D eigenvalue weighted by atomic mass is 9.95. The summed E-state index contributed by atoms with van der Waals surface area (Å²) in [5.74, 6) is -0.365. The summed E-state index contributed by atoms with van der Waals surface area (Å²) in [5, 5.41) is 2.03. The Hall–Kier alpha value is -2.59.